The Morgan fingerprint density at radius 1 is 0.880 bits per heavy atom. The lowest BCUT2D eigenvalue weighted by Crippen LogP contribution is -2.48. The number of likely N-dealkylation sites (tertiary alicyclic amines) is 2. The molecule has 1 saturated carbocycles. The predicted molar refractivity (Wildman–Crippen MR) is 101 cm³/mol. The van der Waals surface area contributed by atoms with E-state index in [1.165, 1.54) is 0 Å². The first kappa shape index (κ1) is 20.5. The van der Waals surface area contributed by atoms with Crippen molar-refractivity contribution in [1.82, 2.24) is 9.80 Å². The van der Waals surface area contributed by atoms with Gasteiger partial charge in [0.1, 0.15) is 0 Å². The highest BCUT2D eigenvalue weighted by molar-refractivity contribution is 5.85. The summed E-state index contributed by atoms with van der Waals surface area (Å²) in [5.41, 5.74) is 5.82. The Morgan fingerprint density at radius 3 is 2.04 bits per heavy atom. The smallest absolute Gasteiger partial charge is 0.226 e. The summed E-state index contributed by atoms with van der Waals surface area (Å²) < 4.78 is 0. The van der Waals surface area contributed by atoms with Gasteiger partial charge < -0.3 is 15.5 Å². The van der Waals surface area contributed by atoms with E-state index in [4.69, 9.17) is 5.73 Å². The van der Waals surface area contributed by atoms with Crippen molar-refractivity contribution < 1.29 is 9.59 Å². The molecule has 3 fully saturated rings. The highest BCUT2D eigenvalue weighted by atomic mass is 35.5. The molecule has 2 aliphatic heterocycles. The van der Waals surface area contributed by atoms with Crippen molar-refractivity contribution in [3.8, 4) is 0 Å². The number of piperidine rings is 2. The number of halogens is 1. The number of carbonyl (C=O) groups is 2. The predicted octanol–water partition coefficient (Wildman–Crippen LogP) is 2.28. The molecular formula is C19H34ClN3O2. The molecule has 6 heteroatoms. The maximum atomic E-state index is 12.8. The number of rotatable bonds is 3. The van der Waals surface area contributed by atoms with Gasteiger partial charge in [0, 0.05) is 38.0 Å². The lowest BCUT2D eigenvalue weighted by atomic mass is 9.90. The van der Waals surface area contributed by atoms with Crippen LogP contribution in [0.4, 0.5) is 0 Å². The zero-order chi connectivity index (χ0) is 17.1. The zero-order valence-electron chi connectivity index (χ0n) is 15.5. The van der Waals surface area contributed by atoms with E-state index >= 15 is 0 Å². The zero-order valence-corrected chi connectivity index (χ0v) is 16.3. The number of nitrogens with two attached hydrogens (primary N) is 1. The molecule has 0 bridgehead atoms. The van der Waals surface area contributed by atoms with Crippen LogP contribution in [0.3, 0.4) is 0 Å². The summed E-state index contributed by atoms with van der Waals surface area (Å²) in [4.78, 5) is 29.5. The Labute approximate surface area is 158 Å². The Morgan fingerprint density at radius 2 is 1.44 bits per heavy atom. The van der Waals surface area contributed by atoms with Crippen LogP contribution < -0.4 is 5.73 Å². The first-order valence-corrected chi connectivity index (χ1v) is 9.87. The maximum absolute atomic E-state index is 12.8. The van der Waals surface area contributed by atoms with Crippen LogP contribution in [-0.4, -0.2) is 54.3 Å². The molecule has 0 spiro atoms. The highest BCUT2D eigenvalue weighted by Gasteiger charge is 2.37. The Balaban J connectivity index is 0.00000225. The van der Waals surface area contributed by atoms with Crippen molar-refractivity contribution in [2.75, 3.05) is 32.7 Å². The second kappa shape index (κ2) is 9.22. The molecule has 25 heavy (non-hydrogen) atoms. The molecule has 3 aliphatic rings. The van der Waals surface area contributed by atoms with E-state index in [1.54, 1.807) is 0 Å². The van der Waals surface area contributed by atoms with Crippen LogP contribution >= 0.6 is 12.4 Å². The molecular weight excluding hydrogens is 338 g/mol. The molecule has 0 aromatic carbocycles. The molecule has 0 aromatic rings. The van der Waals surface area contributed by atoms with E-state index in [1.807, 2.05) is 4.90 Å². The van der Waals surface area contributed by atoms with Crippen molar-refractivity contribution >= 4 is 24.2 Å². The minimum Gasteiger partial charge on any atom is -0.342 e. The average Bonchev–Trinajstić information content (AvgIpc) is 3.10. The van der Waals surface area contributed by atoms with Crippen molar-refractivity contribution in [1.29, 1.82) is 0 Å². The maximum Gasteiger partial charge on any atom is 0.226 e. The molecule has 2 saturated heterocycles. The van der Waals surface area contributed by atoms with Crippen molar-refractivity contribution in [2.24, 2.45) is 29.4 Å². The summed E-state index contributed by atoms with van der Waals surface area (Å²) in [5, 5.41) is 0. The minimum absolute atomic E-state index is 0. The van der Waals surface area contributed by atoms with Crippen LogP contribution in [0.5, 0.6) is 0 Å². The molecule has 1 aliphatic carbocycles. The first-order valence-electron chi connectivity index (χ1n) is 9.87. The molecule has 2 heterocycles. The lowest BCUT2D eigenvalue weighted by molar-refractivity contribution is -0.143. The van der Waals surface area contributed by atoms with E-state index in [2.05, 4.69) is 11.8 Å². The molecule has 2 N–H and O–H groups in total. The van der Waals surface area contributed by atoms with Crippen molar-refractivity contribution in [3.63, 3.8) is 0 Å². The van der Waals surface area contributed by atoms with E-state index in [0.29, 0.717) is 24.3 Å². The van der Waals surface area contributed by atoms with Gasteiger partial charge in [-0.25, -0.2) is 0 Å². The molecule has 2 amide bonds. The summed E-state index contributed by atoms with van der Waals surface area (Å²) in [5.74, 6) is 1.99. The molecule has 0 unspecified atom stereocenters. The molecule has 144 valence electrons. The fourth-order valence-corrected chi connectivity index (χ4v) is 4.71. The van der Waals surface area contributed by atoms with Crippen LogP contribution in [0.2, 0.25) is 0 Å². The second-order valence-corrected chi connectivity index (χ2v) is 8.14. The number of carbonyl (C=O) groups excluding carboxylic acids is 2. The minimum atomic E-state index is 0. The summed E-state index contributed by atoms with van der Waals surface area (Å²) in [6, 6.07) is 0. The fourth-order valence-electron chi connectivity index (χ4n) is 4.71. The van der Waals surface area contributed by atoms with Crippen molar-refractivity contribution in [3.05, 3.63) is 0 Å². The van der Waals surface area contributed by atoms with Crippen LogP contribution in [0, 0.1) is 23.7 Å². The molecule has 2 atom stereocenters. The van der Waals surface area contributed by atoms with Crippen LogP contribution in [-0.2, 0) is 9.59 Å². The topological polar surface area (TPSA) is 66.6 Å². The third-order valence-corrected chi connectivity index (χ3v) is 6.53. The van der Waals surface area contributed by atoms with Crippen LogP contribution in [0.1, 0.15) is 51.9 Å². The van der Waals surface area contributed by atoms with Gasteiger partial charge >= 0.3 is 0 Å². The third-order valence-electron chi connectivity index (χ3n) is 6.53. The lowest BCUT2D eigenvalue weighted by Gasteiger charge is -2.37. The molecule has 3 rings (SSSR count). The number of hydrogen-bond acceptors (Lipinski definition) is 3. The van der Waals surface area contributed by atoms with Gasteiger partial charge in [-0.3, -0.25) is 9.59 Å². The number of amides is 2. The van der Waals surface area contributed by atoms with Crippen molar-refractivity contribution in [2.45, 2.75) is 51.9 Å². The number of nitrogens with zero attached hydrogens (tertiary/aromatic N) is 2. The fraction of sp³-hybridized carbons (Fsp3) is 0.895. The Kier molecular flexibility index (Phi) is 7.56. The normalized spacial score (nSPS) is 28.7. The Hall–Kier alpha value is -0.810. The SMILES string of the molecule is CC1CCN(C(=O)C2CCN(C(=O)[C@@H]3CCC[C@@H]3CN)CC2)CC1.Cl. The van der Waals surface area contributed by atoms with E-state index in [0.717, 1.165) is 77.0 Å². The summed E-state index contributed by atoms with van der Waals surface area (Å²) in [6.07, 6.45) is 7.13. The van der Waals surface area contributed by atoms with Gasteiger partial charge in [-0.1, -0.05) is 13.3 Å². The standard InChI is InChI=1S/C19H33N3O2.ClH/c1-14-5-9-21(10-6-14)18(23)15-7-11-22(12-8-15)19(24)17-4-2-3-16(17)13-20;/h14-17H,2-13,20H2,1H3;1H/t16-,17-;/m1./s1. The largest absolute Gasteiger partial charge is 0.342 e. The molecule has 0 radical (unpaired) electrons. The summed E-state index contributed by atoms with van der Waals surface area (Å²) in [7, 11) is 0. The second-order valence-electron chi connectivity index (χ2n) is 8.14. The monoisotopic (exact) mass is 371 g/mol. The Bertz CT molecular complexity index is 458. The number of hydrogen-bond donors (Lipinski definition) is 1. The summed E-state index contributed by atoms with van der Waals surface area (Å²) in [6.45, 7) is 6.21. The highest BCUT2D eigenvalue weighted by Crippen LogP contribution is 2.33. The van der Waals surface area contributed by atoms with E-state index in [9.17, 15) is 9.59 Å². The van der Waals surface area contributed by atoms with E-state index < -0.39 is 0 Å². The molecule has 5 nitrogen and oxygen atoms in total. The van der Waals surface area contributed by atoms with Crippen LogP contribution in [0.15, 0.2) is 0 Å². The van der Waals surface area contributed by atoms with Gasteiger partial charge in [-0.2, -0.15) is 0 Å². The van der Waals surface area contributed by atoms with Gasteiger partial charge in [0.15, 0.2) is 0 Å². The van der Waals surface area contributed by atoms with Crippen LogP contribution in [0.25, 0.3) is 0 Å². The van der Waals surface area contributed by atoms with Gasteiger partial charge in [0.2, 0.25) is 11.8 Å². The molecule has 0 aromatic heterocycles. The average molecular weight is 372 g/mol. The van der Waals surface area contributed by atoms with Gasteiger partial charge in [-0.15, -0.1) is 12.4 Å². The van der Waals surface area contributed by atoms with E-state index in [-0.39, 0.29) is 24.2 Å². The first-order chi connectivity index (χ1) is 11.6. The van der Waals surface area contributed by atoms with Gasteiger partial charge in [-0.05, 0) is 56.9 Å². The quantitative estimate of drug-likeness (QED) is 0.827. The van der Waals surface area contributed by atoms with Gasteiger partial charge in [0.05, 0.1) is 0 Å². The van der Waals surface area contributed by atoms with Gasteiger partial charge in [0.25, 0.3) is 0 Å². The summed E-state index contributed by atoms with van der Waals surface area (Å²) >= 11 is 0. The third kappa shape index (κ3) is 4.68.